The van der Waals surface area contributed by atoms with E-state index < -0.39 is 0 Å². The van der Waals surface area contributed by atoms with Crippen molar-refractivity contribution in [3.8, 4) is 0 Å². The number of hydrogen-bond donors (Lipinski definition) is 2. The van der Waals surface area contributed by atoms with Gasteiger partial charge in [0.25, 0.3) is 0 Å². The second-order valence-electron chi connectivity index (χ2n) is 5.47. The second kappa shape index (κ2) is 8.32. The van der Waals surface area contributed by atoms with Crippen LogP contribution in [0, 0.1) is 0 Å². The van der Waals surface area contributed by atoms with Crippen molar-refractivity contribution in [1.29, 1.82) is 0 Å². The standard InChI is InChI=1S/C20H14Cl2N2OS/c21-14-6-9-16(10-7-14)23-20(26)24-18-11-8-15(22)12-17(18)19(25)13-4-2-1-3-5-13/h1-12H,(H2,23,24,26). The van der Waals surface area contributed by atoms with Crippen LogP contribution in [-0.2, 0) is 0 Å². The monoisotopic (exact) mass is 400 g/mol. The molecule has 0 unspecified atom stereocenters. The van der Waals surface area contributed by atoms with E-state index in [9.17, 15) is 4.79 Å². The van der Waals surface area contributed by atoms with E-state index >= 15 is 0 Å². The van der Waals surface area contributed by atoms with Crippen LogP contribution in [-0.4, -0.2) is 10.9 Å². The molecule has 26 heavy (non-hydrogen) atoms. The summed E-state index contributed by atoms with van der Waals surface area (Å²) in [7, 11) is 0. The first kappa shape index (κ1) is 18.4. The number of carbonyl (C=O) groups excluding carboxylic acids is 1. The van der Waals surface area contributed by atoms with Crippen molar-refractivity contribution in [2.75, 3.05) is 10.6 Å². The average molecular weight is 401 g/mol. The predicted octanol–water partition coefficient (Wildman–Crippen LogP) is 6.03. The van der Waals surface area contributed by atoms with Crippen LogP contribution < -0.4 is 10.6 Å². The zero-order valence-electron chi connectivity index (χ0n) is 13.5. The summed E-state index contributed by atoms with van der Waals surface area (Å²) < 4.78 is 0. The Hall–Kier alpha value is -2.40. The van der Waals surface area contributed by atoms with Gasteiger partial charge in [-0.3, -0.25) is 4.79 Å². The maximum Gasteiger partial charge on any atom is 0.195 e. The number of anilines is 2. The number of ketones is 1. The molecule has 0 spiro atoms. The zero-order valence-corrected chi connectivity index (χ0v) is 15.8. The van der Waals surface area contributed by atoms with Crippen LogP contribution in [0.15, 0.2) is 72.8 Å². The highest BCUT2D eigenvalue weighted by molar-refractivity contribution is 7.80. The fraction of sp³-hybridized carbons (Fsp3) is 0. The summed E-state index contributed by atoms with van der Waals surface area (Å²) in [5, 5.41) is 7.59. The molecule has 0 heterocycles. The molecule has 0 aliphatic rings. The first-order chi connectivity index (χ1) is 12.5. The first-order valence-corrected chi connectivity index (χ1v) is 8.92. The van der Waals surface area contributed by atoms with Gasteiger partial charge in [0.05, 0.1) is 5.69 Å². The summed E-state index contributed by atoms with van der Waals surface area (Å²) in [6, 6.07) is 21.2. The molecule has 3 nitrogen and oxygen atoms in total. The van der Waals surface area contributed by atoms with Gasteiger partial charge in [-0.2, -0.15) is 0 Å². The van der Waals surface area contributed by atoms with Crippen LogP contribution >= 0.6 is 35.4 Å². The van der Waals surface area contributed by atoms with Crippen molar-refractivity contribution in [2.45, 2.75) is 0 Å². The van der Waals surface area contributed by atoms with E-state index in [0.29, 0.717) is 32.0 Å². The third-order valence-electron chi connectivity index (χ3n) is 3.61. The van der Waals surface area contributed by atoms with Crippen molar-refractivity contribution in [3.63, 3.8) is 0 Å². The van der Waals surface area contributed by atoms with Crippen molar-refractivity contribution in [1.82, 2.24) is 0 Å². The number of benzene rings is 3. The molecule has 0 aromatic heterocycles. The van der Waals surface area contributed by atoms with Gasteiger partial charge >= 0.3 is 0 Å². The molecule has 0 fully saturated rings. The molecule has 0 radical (unpaired) electrons. The van der Waals surface area contributed by atoms with Crippen LogP contribution in [0.1, 0.15) is 15.9 Å². The Labute approximate surface area is 167 Å². The molecule has 2 N–H and O–H groups in total. The smallest absolute Gasteiger partial charge is 0.195 e. The largest absolute Gasteiger partial charge is 0.332 e. The second-order valence-corrected chi connectivity index (χ2v) is 6.75. The molecule has 0 atom stereocenters. The molecular weight excluding hydrogens is 387 g/mol. The van der Waals surface area contributed by atoms with Crippen LogP contribution in [0.2, 0.25) is 10.0 Å². The van der Waals surface area contributed by atoms with Gasteiger partial charge in [-0.25, -0.2) is 0 Å². The normalized spacial score (nSPS) is 10.2. The molecule has 0 saturated carbocycles. The summed E-state index contributed by atoms with van der Waals surface area (Å²) in [6.07, 6.45) is 0. The van der Waals surface area contributed by atoms with Gasteiger partial charge in [0.1, 0.15) is 0 Å². The Morgan fingerprint density at radius 1 is 0.808 bits per heavy atom. The average Bonchev–Trinajstić information content (AvgIpc) is 2.65. The van der Waals surface area contributed by atoms with E-state index in [2.05, 4.69) is 10.6 Å². The van der Waals surface area contributed by atoms with Gasteiger partial charge in [0.15, 0.2) is 10.9 Å². The number of carbonyl (C=O) groups is 1. The summed E-state index contributed by atoms with van der Waals surface area (Å²) in [6.45, 7) is 0. The lowest BCUT2D eigenvalue weighted by atomic mass is 10.0. The van der Waals surface area contributed by atoms with Gasteiger partial charge in [-0.15, -0.1) is 0 Å². The number of rotatable bonds is 4. The molecule has 0 bridgehead atoms. The fourth-order valence-corrected chi connectivity index (χ4v) is 2.90. The Morgan fingerprint density at radius 3 is 2.15 bits per heavy atom. The maximum atomic E-state index is 12.8. The number of thiocarbonyl (C=S) groups is 1. The molecule has 0 saturated heterocycles. The SMILES string of the molecule is O=C(c1ccccc1)c1cc(Cl)ccc1NC(=S)Nc1ccc(Cl)cc1. The van der Waals surface area contributed by atoms with E-state index in [1.807, 2.05) is 30.3 Å². The minimum absolute atomic E-state index is 0.134. The third kappa shape index (κ3) is 4.61. The molecule has 130 valence electrons. The topological polar surface area (TPSA) is 41.1 Å². The van der Waals surface area contributed by atoms with Gasteiger partial charge < -0.3 is 10.6 Å². The van der Waals surface area contributed by atoms with Crippen molar-refractivity contribution in [2.24, 2.45) is 0 Å². The lowest BCUT2D eigenvalue weighted by molar-refractivity contribution is 0.103. The fourth-order valence-electron chi connectivity index (χ4n) is 2.38. The minimum atomic E-state index is -0.134. The van der Waals surface area contributed by atoms with E-state index in [1.54, 1.807) is 42.5 Å². The molecule has 6 heteroatoms. The summed E-state index contributed by atoms with van der Waals surface area (Å²) in [5.41, 5.74) is 2.39. The quantitative estimate of drug-likeness (QED) is 0.414. The van der Waals surface area contributed by atoms with Crippen LogP contribution in [0.4, 0.5) is 11.4 Å². The Morgan fingerprint density at radius 2 is 1.46 bits per heavy atom. The van der Waals surface area contributed by atoms with Gasteiger partial charge in [0.2, 0.25) is 0 Å². The van der Waals surface area contributed by atoms with E-state index in [-0.39, 0.29) is 5.78 Å². The minimum Gasteiger partial charge on any atom is -0.332 e. The molecule has 0 amide bonds. The number of nitrogens with one attached hydrogen (secondary N) is 2. The van der Waals surface area contributed by atoms with E-state index in [1.165, 1.54) is 0 Å². The van der Waals surface area contributed by atoms with Crippen molar-refractivity contribution in [3.05, 3.63) is 94.0 Å². The molecule has 3 rings (SSSR count). The molecule has 3 aromatic carbocycles. The van der Waals surface area contributed by atoms with Gasteiger partial charge in [-0.1, -0.05) is 53.5 Å². The molecule has 0 aliphatic heterocycles. The van der Waals surface area contributed by atoms with Crippen LogP contribution in [0.25, 0.3) is 0 Å². The Bertz CT molecular complexity index is 944. The number of hydrogen-bond acceptors (Lipinski definition) is 2. The van der Waals surface area contributed by atoms with Gasteiger partial charge in [0, 0.05) is 26.9 Å². The lowest BCUT2D eigenvalue weighted by Crippen LogP contribution is -2.20. The summed E-state index contributed by atoms with van der Waals surface area (Å²) >= 11 is 17.3. The molecule has 3 aromatic rings. The maximum absolute atomic E-state index is 12.8. The summed E-state index contributed by atoms with van der Waals surface area (Å²) in [4.78, 5) is 12.8. The van der Waals surface area contributed by atoms with Crippen molar-refractivity contribution < 1.29 is 4.79 Å². The third-order valence-corrected chi connectivity index (χ3v) is 4.30. The number of halogens is 2. The summed E-state index contributed by atoms with van der Waals surface area (Å²) in [5.74, 6) is -0.134. The Kier molecular flexibility index (Phi) is 5.89. The Balaban J connectivity index is 1.82. The van der Waals surface area contributed by atoms with Crippen LogP contribution in [0.3, 0.4) is 0 Å². The zero-order chi connectivity index (χ0) is 18.5. The molecule has 0 aliphatic carbocycles. The predicted molar refractivity (Wildman–Crippen MR) is 113 cm³/mol. The van der Waals surface area contributed by atoms with Gasteiger partial charge in [-0.05, 0) is 54.7 Å². The lowest BCUT2D eigenvalue weighted by Gasteiger charge is -2.14. The van der Waals surface area contributed by atoms with Crippen LogP contribution in [0.5, 0.6) is 0 Å². The highest BCUT2D eigenvalue weighted by Crippen LogP contribution is 2.24. The first-order valence-electron chi connectivity index (χ1n) is 7.76. The van der Waals surface area contributed by atoms with Crippen molar-refractivity contribution >= 4 is 57.7 Å². The van der Waals surface area contributed by atoms with E-state index in [4.69, 9.17) is 35.4 Å². The molecular formula is C20H14Cl2N2OS. The highest BCUT2D eigenvalue weighted by Gasteiger charge is 2.15. The highest BCUT2D eigenvalue weighted by atomic mass is 35.5. The van der Waals surface area contributed by atoms with E-state index in [0.717, 1.165) is 5.69 Å².